The Hall–Kier alpha value is -3.20. The number of nitrogens with zero attached hydrogens (tertiary/aromatic N) is 4. The minimum Gasteiger partial charge on any atom is -0.347 e. The van der Waals surface area contributed by atoms with Crippen LogP contribution in [0.25, 0.3) is 0 Å². The zero-order valence-electron chi connectivity index (χ0n) is 24.1. The molecule has 4 rings (SSSR count). The highest BCUT2D eigenvalue weighted by Crippen LogP contribution is 2.54. The van der Waals surface area contributed by atoms with Gasteiger partial charge in [0.2, 0.25) is 6.36 Å². The van der Waals surface area contributed by atoms with Crippen molar-refractivity contribution in [3.63, 3.8) is 0 Å². The summed E-state index contributed by atoms with van der Waals surface area (Å²) in [5.74, 6) is -0.698. The number of aryl methyl sites for hydroxylation is 1. The third kappa shape index (κ3) is 7.89. The van der Waals surface area contributed by atoms with Gasteiger partial charge in [-0.1, -0.05) is 12.1 Å². The van der Waals surface area contributed by atoms with Crippen molar-refractivity contribution in [3.8, 4) is 6.07 Å². The van der Waals surface area contributed by atoms with Gasteiger partial charge in [-0.3, -0.25) is 18.5 Å². The molecule has 0 bridgehead atoms. The van der Waals surface area contributed by atoms with Crippen LogP contribution in [0, 0.1) is 11.3 Å². The van der Waals surface area contributed by atoms with Crippen LogP contribution in [0.1, 0.15) is 64.4 Å². The van der Waals surface area contributed by atoms with Crippen molar-refractivity contribution in [3.05, 3.63) is 52.3 Å². The van der Waals surface area contributed by atoms with Crippen LogP contribution in [-0.2, 0) is 39.1 Å². The molecular weight excluding hydrogens is 630 g/mol. The molecule has 1 saturated carbocycles. The first-order valence-corrected chi connectivity index (χ1v) is 15.7. The number of benzene rings is 1. The van der Waals surface area contributed by atoms with Gasteiger partial charge in [0.05, 0.1) is 18.2 Å². The zero-order chi connectivity index (χ0) is 32.5. The average Bonchev–Trinajstić information content (AvgIpc) is 3.61. The molecule has 1 unspecified atom stereocenters. The highest BCUT2D eigenvalue weighted by Gasteiger charge is 2.50. The number of carbonyl (C=O) groups is 2. The van der Waals surface area contributed by atoms with Crippen molar-refractivity contribution in [2.75, 3.05) is 26.3 Å². The van der Waals surface area contributed by atoms with E-state index in [0.717, 1.165) is 18.4 Å². The molecule has 2 amide bonds. The third-order valence-corrected chi connectivity index (χ3v) is 9.70. The van der Waals surface area contributed by atoms with Gasteiger partial charge in [-0.05, 0) is 50.8 Å². The van der Waals surface area contributed by atoms with Crippen LogP contribution in [0.5, 0.6) is 0 Å². The number of aromatic nitrogens is 2. The van der Waals surface area contributed by atoms with Crippen LogP contribution in [0.15, 0.2) is 24.3 Å². The minimum absolute atomic E-state index is 0.172. The number of rotatable bonds is 13. The Morgan fingerprint density at radius 1 is 1.25 bits per heavy atom. The van der Waals surface area contributed by atoms with Crippen LogP contribution < -0.4 is 5.32 Å². The number of nitriles is 1. The average molecular weight is 662 g/mol. The minimum atomic E-state index is -5.93. The molecule has 44 heavy (non-hydrogen) atoms. The Bertz CT molecular complexity index is 1550. The van der Waals surface area contributed by atoms with E-state index in [1.54, 1.807) is 50.1 Å². The number of ether oxygens (including phenoxy) is 1. The standard InChI is InChI=1S/C27H31F4N5O6S2/c1-25(2,16-41-20(28)14-42-44(39,40)27(29,30)31)43-26(9-10-26)15-36-11-8-19-21(34-35(3)22(19)24(36)38)23(37)33-13-18-6-4-17(12-32)5-7-18/h4-7,20H,8-11,13-16H2,1-3H3,(H,33,37). The molecule has 1 aliphatic carbocycles. The van der Waals surface area contributed by atoms with E-state index in [-0.39, 0.29) is 29.5 Å². The number of carbonyl (C=O) groups excluding carboxylic acids is 2. The Balaban J connectivity index is 1.32. The van der Waals surface area contributed by atoms with E-state index in [9.17, 15) is 35.6 Å². The molecule has 1 aromatic heterocycles. The van der Waals surface area contributed by atoms with Gasteiger partial charge in [0.1, 0.15) is 12.3 Å². The van der Waals surface area contributed by atoms with Gasteiger partial charge in [-0.15, -0.1) is 11.8 Å². The monoisotopic (exact) mass is 661 g/mol. The third-order valence-electron chi connectivity index (χ3n) is 7.05. The molecule has 0 spiro atoms. The number of amides is 2. The normalized spacial score (nSPS) is 17.1. The lowest BCUT2D eigenvalue weighted by Crippen LogP contribution is -2.44. The Labute approximate surface area is 256 Å². The molecule has 1 atom stereocenters. The predicted octanol–water partition coefficient (Wildman–Crippen LogP) is 3.44. The summed E-state index contributed by atoms with van der Waals surface area (Å²) < 4.78 is 82.1. The summed E-state index contributed by atoms with van der Waals surface area (Å²) >= 11 is 1.45. The maximum Gasteiger partial charge on any atom is 0.523 e. The van der Waals surface area contributed by atoms with E-state index < -0.39 is 39.2 Å². The van der Waals surface area contributed by atoms with E-state index in [1.807, 2.05) is 6.07 Å². The van der Waals surface area contributed by atoms with E-state index in [0.29, 0.717) is 36.3 Å². The number of alkyl halides is 4. The number of thioether (sulfide) groups is 1. The number of fused-ring (bicyclic) bond motifs is 1. The second kappa shape index (κ2) is 12.7. The quantitative estimate of drug-likeness (QED) is 0.194. The van der Waals surface area contributed by atoms with E-state index in [2.05, 4.69) is 14.6 Å². The van der Waals surface area contributed by atoms with E-state index in [4.69, 9.17) is 10.00 Å². The molecule has 0 saturated heterocycles. The van der Waals surface area contributed by atoms with Gasteiger partial charge >= 0.3 is 15.6 Å². The fourth-order valence-corrected chi connectivity index (χ4v) is 7.06. The van der Waals surface area contributed by atoms with Crippen molar-refractivity contribution in [1.29, 1.82) is 5.26 Å². The summed E-state index contributed by atoms with van der Waals surface area (Å²) in [6.07, 6.45) is -0.466. The summed E-state index contributed by atoms with van der Waals surface area (Å²) in [6.45, 7) is 2.75. The molecule has 0 radical (unpaired) electrons. The maximum absolute atomic E-state index is 14.0. The first kappa shape index (κ1) is 33.7. The van der Waals surface area contributed by atoms with Crippen LogP contribution >= 0.6 is 11.8 Å². The van der Waals surface area contributed by atoms with Crippen molar-refractivity contribution < 1.29 is 44.5 Å². The van der Waals surface area contributed by atoms with Crippen molar-refractivity contribution in [2.45, 2.75) is 61.0 Å². The van der Waals surface area contributed by atoms with E-state index in [1.165, 1.54) is 16.4 Å². The summed E-state index contributed by atoms with van der Waals surface area (Å²) in [5.41, 5.74) is -3.31. The van der Waals surface area contributed by atoms with Crippen LogP contribution in [0.3, 0.4) is 0 Å². The molecular formula is C27H31F4N5O6S2. The summed E-state index contributed by atoms with van der Waals surface area (Å²) in [7, 11) is -4.34. The molecule has 17 heteroatoms. The zero-order valence-corrected chi connectivity index (χ0v) is 25.7. The van der Waals surface area contributed by atoms with E-state index >= 15 is 0 Å². The topological polar surface area (TPSA) is 144 Å². The number of hydrogen-bond donors (Lipinski definition) is 1. The van der Waals surface area contributed by atoms with Crippen LogP contribution in [-0.4, -0.2) is 82.6 Å². The summed E-state index contributed by atoms with van der Waals surface area (Å²) in [5, 5.41) is 16.1. The number of nitrogens with one attached hydrogen (secondary N) is 1. The van der Waals surface area contributed by atoms with Gasteiger partial charge in [-0.25, -0.2) is 4.39 Å². The number of hydrogen-bond acceptors (Lipinski definition) is 9. The second-order valence-corrected chi connectivity index (χ2v) is 15.0. The smallest absolute Gasteiger partial charge is 0.347 e. The fourth-order valence-electron chi connectivity index (χ4n) is 4.81. The Kier molecular flexibility index (Phi) is 9.69. The van der Waals surface area contributed by atoms with Gasteiger partial charge in [0.25, 0.3) is 11.8 Å². The van der Waals surface area contributed by atoms with Gasteiger partial charge in [0.15, 0.2) is 5.69 Å². The first-order chi connectivity index (χ1) is 20.5. The predicted molar refractivity (Wildman–Crippen MR) is 151 cm³/mol. The van der Waals surface area contributed by atoms with Crippen molar-refractivity contribution in [2.24, 2.45) is 7.05 Å². The lowest BCUT2D eigenvalue weighted by atomic mass is 10.0. The number of halogens is 4. The molecule has 2 aliphatic rings. The first-order valence-electron chi connectivity index (χ1n) is 13.5. The Morgan fingerprint density at radius 2 is 1.91 bits per heavy atom. The Morgan fingerprint density at radius 3 is 2.50 bits per heavy atom. The van der Waals surface area contributed by atoms with Gasteiger partial charge in [0, 0.05) is 41.7 Å². The maximum atomic E-state index is 14.0. The lowest BCUT2D eigenvalue weighted by molar-refractivity contribution is -0.0822. The summed E-state index contributed by atoms with van der Waals surface area (Å²) in [6, 6.07) is 8.82. The molecule has 1 fully saturated rings. The molecule has 1 N–H and O–H groups in total. The van der Waals surface area contributed by atoms with Crippen molar-refractivity contribution >= 4 is 33.7 Å². The summed E-state index contributed by atoms with van der Waals surface area (Å²) in [4.78, 5) is 28.2. The second-order valence-electron chi connectivity index (χ2n) is 11.2. The van der Waals surface area contributed by atoms with Gasteiger partial charge in [-0.2, -0.15) is 31.9 Å². The molecule has 1 aromatic carbocycles. The van der Waals surface area contributed by atoms with Gasteiger partial charge < -0.3 is 15.0 Å². The SMILES string of the molecule is Cn1nc(C(=O)NCc2ccc(C#N)cc2)c2c1C(=O)N(CC1(SC(C)(C)COC(F)COS(=O)(=O)C(F)(F)F)CC1)CC2. The largest absolute Gasteiger partial charge is 0.523 e. The molecule has 2 aromatic rings. The molecule has 11 nitrogen and oxygen atoms in total. The van der Waals surface area contributed by atoms with Crippen molar-refractivity contribution in [1.82, 2.24) is 20.0 Å². The lowest BCUT2D eigenvalue weighted by Gasteiger charge is -2.35. The highest BCUT2D eigenvalue weighted by molar-refractivity contribution is 8.02. The van der Waals surface area contributed by atoms with Crippen LogP contribution in [0.2, 0.25) is 0 Å². The molecule has 2 heterocycles. The highest BCUT2D eigenvalue weighted by atomic mass is 32.2. The molecule has 240 valence electrons. The molecule has 1 aliphatic heterocycles. The van der Waals surface area contributed by atoms with Crippen LogP contribution in [0.4, 0.5) is 17.6 Å². The fraction of sp³-hybridized carbons (Fsp3) is 0.556.